The summed E-state index contributed by atoms with van der Waals surface area (Å²) in [5, 5.41) is 9.28. The van der Waals surface area contributed by atoms with Crippen LogP contribution in [0.5, 0.6) is 5.75 Å². The van der Waals surface area contributed by atoms with Crippen LogP contribution in [-0.4, -0.2) is 23.0 Å². The predicted octanol–water partition coefficient (Wildman–Crippen LogP) is 5.63. The first kappa shape index (κ1) is 20.8. The van der Waals surface area contributed by atoms with E-state index in [2.05, 4.69) is 36.5 Å². The van der Waals surface area contributed by atoms with Gasteiger partial charge < -0.3 is 15.4 Å². The summed E-state index contributed by atoms with van der Waals surface area (Å²) < 4.78 is 6.32. The van der Waals surface area contributed by atoms with Gasteiger partial charge in [0.1, 0.15) is 5.75 Å². The van der Waals surface area contributed by atoms with Crippen molar-refractivity contribution in [2.75, 3.05) is 17.7 Å². The molecular weight excluding hydrogens is 504 g/mol. The Hall–Kier alpha value is -1.49. The number of hydrogen-bond acceptors (Lipinski definition) is 7. The highest BCUT2D eigenvalue weighted by molar-refractivity contribution is 9.10. The first-order valence-electron chi connectivity index (χ1n) is 7.27. The molecule has 2 aromatic heterocycles. The lowest BCUT2D eigenvalue weighted by Gasteiger charge is -2.09. The molecule has 0 bridgehead atoms. The maximum absolute atomic E-state index is 11.2. The molecule has 0 aliphatic rings. The van der Waals surface area contributed by atoms with E-state index in [1.54, 1.807) is 7.11 Å². The van der Waals surface area contributed by atoms with Crippen LogP contribution in [-0.2, 0) is 4.79 Å². The van der Waals surface area contributed by atoms with Crippen molar-refractivity contribution in [2.45, 2.75) is 13.8 Å². The molecule has 0 aliphatic carbocycles. The third kappa shape index (κ3) is 4.81. The molecule has 26 heavy (non-hydrogen) atoms. The van der Waals surface area contributed by atoms with Gasteiger partial charge in [0.2, 0.25) is 5.91 Å². The van der Waals surface area contributed by atoms with Crippen molar-refractivity contribution in [1.29, 1.82) is 0 Å². The molecular formula is C16H16Br2N4O2S2. The molecule has 0 radical (unpaired) electrons. The molecule has 138 valence electrons. The van der Waals surface area contributed by atoms with Gasteiger partial charge in [-0.15, -0.1) is 28.3 Å². The summed E-state index contributed by atoms with van der Waals surface area (Å²) in [5.74, 6) is 0.601. The molecule has 0 saturated heterocycles. The number of nitrogens with one attached hydrogen (secondary N) is 2. The minimum absolute atomic E-state index is 0. The van der Waals surface area contributed by atoms with Crippen LogP contribution in [0.1, 0.15) is 12.6 Å². The number of methoxy groups -OCH3 is 1. The average Bonchev–Trinajstić information content (AvgIpc) is 3.13. The zero-order valence-electron chi connectivity index (χ0n) is 14.1. The number of hydrogen-bond donors (Lipinski definition) is 2. The van der Waals surface area contributed by atoms with Crippen molar-refractivity contribution >= 4 is 77.4 Å². The Morgan fingerprint density at radius 3 is 2.73 bits per heavy atom. The molecule has 0 aliphatic heterocycles. The number of nitrogens with zero attached hydrogens (tertiary/aromatic N) is 2. The third-order valence-corrected chi connectivity index (χ3v) is 5.57. The fourth-order valence-corrected chi connectivity index (χ4v) is 4.29. The summed E-state index contributed by atoms with van der Waals surface area (Å²) in [6, 6.07) is 5.74. The smallest absolute Gasteiger partial charge is 0.223 e. The van der Waals surface area contributed by atoms with Crippen LogP contribution in [0.3, 0.4) is 0 Å². The van der Waals surface area contributed by atoms with Crippen LogP contribution >= 0.6 is 55.6 Å². The Morgan fingerprint density at radius 1 is 1.27 bits per heavy atom. The molecule has 0 fully saturated rings. The van der Waals surface area contributed by atoms with Gasteiger partial charge >= 0.3 is 0 Å². The Balaban J connectivity index is 0.00000243. The average molecular weight is 520 g/mol. The lowest BCUT2D eigenvalue weighted by Crippen LogP contribution is -2.04. The van der Waals surface area contributed by atoms with Crippen LogP contribution in [0, 0.1) is 6.92 Å². The summed E-state index contributed by atoms with van der Waals surface area (Å²) in [4.78, 5) is 21.1. The van der Waals surface area contributed by atoms with E-state index in [-0.39, 0.29) is 22.9 Å². The summed E-state index contributed by atoms with van der Waals surface area (Å²) >= 11 is 6.37. The quantitative estimate of drug-likeness (QED) is 0.457. The molecule has 0 atom stereocenters. The Labute approximate surface area is 177 Å². The van der Waals surface area contributed by atoms with E-state index in [9.17, 15) is 4.79 Å². The van der Waals surface area contributed by atoms with E-state index in [4.69, 9.17) is 4.74 Å². The highest BCUT2D eigenvalue weighted by Gasteiger charge is 2.14. The summed E-state index contributed by atoms with van der Waals surface area (Å²) in [5.41, 5.74) is 2.50. The second-order valence-electron chi connectivity index (χ2n) is 5.12. The van der Waals surface area contributed by atoms with Crippen molar-refractivity contribution in [2.24, 2.45) is 0 Å². The van der Waals surface area contributed by atoms with E-state index in [0.717, 1.165) is 37.3 Å². The normalized spacial score (nSPS) is 10.2. The fraction of sp³-hybridized carbons (Fsp3) is 0.188. The highest BCUT2D eigenvalue weighted by Crippen LogP contribution is 2.36. The van der Waals surface area contributed by atoms with E-state index < -0.39 is 0 Å². The molecule has 3 aromatic rings. The van der Waals surface area contributed by atoms with Crippen LogP contribution in [0.4, 0.5) is 16.0 Å². The molecule has 1 amide bonds. The number of benzene rings is 1. The number of aryl methyl sites for hydroxylation is 1. The van der Waals surface area contributed by atoms with Gasteiger partial charge in [-0.3, -0.25) is 4.79 Å². The molecule has 1 aromatic carbocycles. The van der Waals surface area contributed by atoms with Crippen molar-refractivity contribution < 1.29 is 9.53 Å². The number of aromatic nitrogens is 2. The van der Waals surface area contributed by atoms with Gasteiger partial charge in [0.05, 0.1) is 29.1 Å². The topological polar surface area (TPSA) is 76.1 Å². The standard InChI is InChI=1S/C16H15BrN4O2S2.BrH/c1-8-14(25-16(18-8)19-9(2)22)12-7-24-15(21-12)20-11-6-10(17)4-5-13(11)23-3;/h4-7H,1-3H3,(H,20,21)(H,18,19,22);1H. The first-order chi connectivity index (χ1) is 12.0. The van der Waals surface area contributed by atoms with E-state index in [1.807, 2.05) is 30.5 Å². The number of anilines is 3. The second-order valence-corrected chi connectivity index (χ2v) is 7.90. The minimum atomic E-state index is -0.136. The predicted molar refractivity (Wildman–Crippen MR) is 117 cm³/mol. The maximum Gasteiger partial charge on any atom is 0.223 e. The number of halogens is 2. The summed E-state index contributed by atoms with van der Waals surface area (Å²) in [6.07, 6.45) is 0. The van der Waals surface area contributed by atoms with E-state index in [1.165, 1.54) is 29.6 Å². The molecule has 2 heterocycles. The third-order valence-electron chi connectivity index (χ3n) is 3.22. The number of rotatable bonds is 5. The zero-order valence-corrected chi connectivity index (χ0v) is 19.1. The number of thiazole rings is 2. The van der Waals surface area contributed by atoms with Crippen molar-refractivity contribution in [3.05, 3.63) is 33.7 Å². The first-order valence-corrected chi connectivity index (χ1v) is 9.76. The Morgan fingerprint density at radius 2 is 2.04 bits per heavy atom. The molecule has 0 saturated carbocycles. The fourth-order valence-electron chi connectivity index (χ4n) is 2.17. The number of carbonyl (C=O) groups excluding carboxylic acids is 1. The van der Waals surface area contributed by atoms with Gasteiger partial charge in [0, 0.05) is 16.8 Å². The lowest BCUT2D eigenvalue weighted by atomic mass is 10.3. The number of carbonyl (C=O) groups is 1. The van der Waals surface area contributed by atoms with Gasteiger partial charge in [-0.1, -0.05) is 27.3 Å². The maximum atomic E-state index is 11.2. The Bertz CT molecular complexity index is 927. The summed E-state index contributed by atoms with van der Waals surface area (Å²) in [7, 11) is 1.63. The van der Waals surface area contributed by atoms with Crippen molar-refractivity contribution in [1.82, 2.24) is 9.97 Å². The highest BCUT2D eigenvalue weighted by atomic mass is 79.9. The lowest BCUT2D eigenvalue weighted by molar-refractivity contribution is -0.114. The molecule has 0 unspecified atom stereocenters. The van der Waals surface area contributed by atoms with Crippen molar-refractivity contribution in [3.8, 4) is 16.3 Å². The van der Waals surface area contributed by atoms with Gasteiger partial charge in [0.15, 0.2) is 10.3 Å². The Kier molecular flexibility index (Phi) is 7.16. The van der Waals surface area contributed by atoms with Gasteiger partial charge in [-0.2, -0.15) is 0 Å². The summed E-state index contributed by atoms with van der Waals surface area (Å²) in [6.45, 7) is 3.37. The SMILES string of the molecule is Br.COc1ccc(Br)cc1Nc1nc(-c2sc(NC(C)=O)nc2C)cs1. The zero-order chi connectivity index (χ0) is 18.0. The molecule has 3 rings (SSSR count). The minimum Gasteiger partial charge on any atom is -0.495 e. The van der Waals surface area contributed by atoms with Crippen LogP contribution in [0.15, 0.2) is 28.1 Å². The second kappa shape index (κ2) is 8.94. The molecule has 10 heteroatoms. The number of amides is 1. The van der Waals surface area contributed by atoms with Gasteiger partial charge in [0.25, 0.3) is 0 Å². The van der Waals surface area contributed by atoms with Crippen LogP contribution in [0.2, 0.25) is 0 Å². The van der Waals surface area contributed by atoms with E-state index >= 15 is 0 Å². The number of ether oxygens (including phenoxy) is 1. The van der Waals surface area contributed by atoms with Gasteiger partial charge in [-0.25, -0.2) is 9.97 Å². The molecule has 0 spiro atoms. The largest absolute Gasteiger partial charge is 0.495 e. The molecule has 2 N–H and O–H groups in total. The van der Waals surface area contributed by atoms with Crippen LogP contribution < -0.4 is 15.4 Å². The molecule has 6 nitrogen and oxygen atoms in total. The van der Waals surface area contributed by atoms with Gasteiger partial charge in [-0.05, 0) is 25.1 Å². The monoisotopic (exact) mass is 518 g/mol. The van der Waals surface area contributed by atoms with Crippen LogP contribution in [0.25, 0.3) is 10.6 Å². The van der Waals surface area contributed by atoms with Crippen molar-refractivity contribution in [3.63, 3.8) is 0 Å². The van der Waals surface area contributed by atoms with E-state index in [0.29, 0.717) is 5.13 Å².